The molecule has 1 N–H and O–H groups in total. The molecule has 1 saturated carbocycles. The van der Waals surface area contributed by atoms with Crippen molar-refractivity contribution >= 4 is 0 Å². The van der Waals surface area contributed by atoms with Crippen LogP contribution in [0.3, 0.4) is 0 Å². The molecule has 0 saturated heterocycles. The summed E-state index contributed by atoms with van der Waals surface area (Å²) in [5.41, 5.74) is -0.448. The Kier molecular flexibility index (Phi) is 4.94. The van der Waals surface area contributed by atoms with E-state index in [9.17, 15) is 5.11 Å². The molecule has 1 aliphatic rings. The van der Waals surface area contributed by atoms with E-state index in [0.29, 0.717) is 12.3 Å². The van der Waals surface area contributed by atoms with Gasteiger partial charge in [-0.3, -0.25) is 0 Å². The largest absolute Gasteiger partial charge is 0.390 e. The topological polar surface area (TPSA) is 20.2 Å². The van der Waals surface area contributed by atoms with Crippen LogP contribution in [0.2, 0.25) is 0 Å². The third-order valence-corrected chi connectivity index (χ3v) is 3.76. The van der Waals surface area contributed by atoms with E-state index in [0.717, 1.165) is 12.8 Å². The summed E-state index contributed by atoms with van der Waals surface area (Å²) in [6.07, 6.45) is 10.4. The minimum Gasteiger partial charge on any atom is -0.390 e. The lowest BCUT2D eigenvalue weighted by molar-refractivity contribution is -0.0397. The van der Waals surface area contributed by atoms with Crippen LogP contribution >= 0.6 is 0 Å². The van der Waals surface area contributed by atoms with Crippen molar-refractivity contribution in [3.05, 3.63) is 6.92 Å². The van der Waals surface area contributed by atoms with Gasteiger partial charge in [-0.2, -0.15) is 0 Å². The first-order valence-electron chi connectivity index (χ1n) is 6.24. The molecule has 1 atom stereocenters. The zero-order chi connectivity index (χ0) is 10.4. The van der Waals surface area contributed by atoms with Crippen LogP contribution in [-0.2, 0) is 0 Å². The van der Waals surface area contributed by atoms with Gasteiger partial charge in [-0.05, 0) is 31.6 Å². The maximum Gasteiger partial charge on any atom is 0.0675 e. The Morgan fingerprint density at radius 3 is 2.43 bits per heavy atom. The summed E-state index contributed by atoms with van der Waals surface area (Å²) in [6, 6.07) is 0. The summed E-state index contributed by atoms with van der Waals surface area (Å²) in [7, 11) is 0. The lowest BCUT2D eigenvalue weighted by Crippen LogP contribution is -2.38. The molecule has 0 aliphatic heterocycles. The summed E-state index contributed by atoms with van der Waals surface area (Å²) in [5, 5.41) is 10.5. The molecule has 0 amide bonds. The Bertz CT molecular complexity index is 149. The number of aliphatic hydroxyl groups is 1. The van der Waals surface area contributed by atoms with Crippen LogP contribution in [0.5, 0.6) is 0 Å². The van der Waals surface area contributed by atoms with Crippen molar-refractivity contribution in [3.63, 3.8) is 0 Å². The van der Waals surface area contributed by atoms with Crippen LogP contribution in [0.15, 0.2) is 0 Å². The number of unbranched alkanes of at least 4 members (excludes halogenated alkanes) is 1. The zero-order valence-electron chi connectivity index (χ0n) is 9.60. The van der Waals surface area contributed by atoms with Crippen molar-refractivity contribution in [3.8, 4) is 0 Å². The van der Waals surface area contributed by atoms with Crippen LogP contribution in [0.25, 0.3) is 0 Å². The molecular formula is C13H25O. The van der Waals surface area contributed by atoms with Gasteiger partial charge in [-0.25, -0.2) is 0 Å². The fourth-order valence-electron chi connectivity index (χ4n) is 2.66. The van der Waals surface area contributed by atoms with Crippen molar-refractivity contribution in [1.82, 2.24) is 0 Å². The molecule has 0 heterocycles. The van der Waals surface area contributed by atoms with E-state index in [1.165, 1.54) is 38.5 Å². The standard InChI is InChI=1S/C13H25O/c1-3-5-11-13(14,4-2)12-9-7-6-8-10-12/h12,14H,2-11H2,1H3. The second-order valence-electron chi connectivity index (χ2n) is 4.79. The Hall–Kier alpha value is -0.0400. The Labute approximate surface area is 88.9 Å². The van der Waals surface area contributed by atoms with Gasteiger partial charge in [-0.15, -0.1) is 0 Å². The quantitative estimate of drug-likeness (QED) is 0.712. The molecule has 1 aliphatic carbocycles. The van der Waals surface area contributed by atoms with E-state index in [1.807, 2.05) is 0 Å². The van der Waals surface area contributed by atoms with Gasteiger partial charge in [-0.1, -0.05) is 46.0 Å². The van der Waals surface area contributed by atoms with Gasteiger partial charge in [0, 0.05) is 0 Å². The highest BCUT2D eigenvalue weighted by Gasteiger charge is 2.34. The van der Waals surface area contributed by atoms with Gasteiger partial charge in [0.1, 0.15) is 0 Å². The monoisotopic (exact) mass is 197 g/mol. The van der Waals surface area contributed by atoms with Crippen molar-refractivity contribution in [2.45, 2.75) is 70.3 Å². The molecule has 0 aromatic carbocycles. The van der Waals surface area contributed by atoms with Crippen LogP contribution in [0.1, 0.15) is 64.7 Å². The van der Waals surface area contributed by atoms with Gasteiger partial charge in [0.2, 0.25) is 0 Å². The highest BCUT2D eigenvalue weighted by atomic mass is 16.3. The van der Waals surface area contributed by atoms with Crippen LogP contribution < -0.4 is 0 Å². The Balaban J connectivity index is 2.47. The molecule has 0 aromatic rings. The number of hydrogen-bond acceptors (Lipinski definition) is 1. The molecule has 0 bridgehead atoms. The average Bonchev–Trinajstić information content (AvgIpc) is 2.27. The molecule has 1 fully saturated rings. The number of rotatable bonds is 5. The lowest BCUT2D eigenvalue weighted by Gasteiger charge is -2.38. The SMILES string of the molecule is [CH2]CC(O)(CCCC)C1CCCCC1. The second kappa shape index (κ2) is 5.75. The minimum absolute atomic E-state index is 0.448. The van der Waals surface area contributed by atoms with Crippen LogP contribution in [0.4, 0.5) is 0 Å². The Morgan fingerprint density at radius 2 is 1.93 bits per heavy atom. The third-order valence-electron chi connectivity index (χ3n) is 3.76. The summed E-state index contributed by atoms with van der Waals surface area (Å²) in [5.74, 6) is 0.528. The van der Waals surface area contributed by atoms with Gasteiger partial charge in [0.05, 0.1) is 5.60 Å². The van der Waals surface area contributed by atoms with Crippen LogP contribution in [-0.4, -0.2) is 10.7 Å². The summed E-state index contributed by atoms with van der Waals surface area (Å²) in [4.78, 5) is 0. The van der Waals surface area contributed by atoms with E-state index in [2.05, 4.69) is 13.8 Å². The van der Waals surface area contributed by atoms with Crippen molar-refractivity contribution < 1.29 is 5.11 Å². The summed E-state index contributed by atoms with van der Waals surface area (Å²) in [6.45, 7) is 6.12. The first-order chi connectivity index (χ1) is 6.73. The van der Waals surface area contributed by atoms with E-state index >= 15 is 0 Å². The van der Waals surface area contributed by atoms with E-state index in [4.69, 9.17) is 0 Å². The second-order valence-corrected chi connectivity index (χ2v) is 4.79. The molecule has 1 radical (unpaired) electrons. The average molecular weight is 197 g/mol. The maximum atomic E-state index is 10.5. The molecule has 14 heavy (non-hydrogen) atoms. The van der Waals surface area contributed by atoms with Crippen molar-refractivity contribution in [2.24, 2.45) is 5.92 Å². The predicted molar refractivity (Wildman–Crippen MR) is 61.0 cm³/mol. The molecule has 0 spiro atoms. The molecule has 83 valence electrons. The highest BCUT2D eigenvalue weighted by Crippen LogP contribution is 2.37. The number of hydrogen-bond donors (Lipinski definition) is 1. The molecule has 1 unspecified atom stereocenters. The molecule has 1 nitrogen and oxygen atoms in total. The zero-order valence-corrected chi connectivity index (χ0v) is 9.60. The predicted octanol–water partition coefficient (Wildman–Crippen LogP) is 3.71. The highest BCUT2D eigenvalue weighted by molar-refractivity contribution is 4.88. The van der Waals surface area contributed by atoms with Gasteiger partial charge in [0.15, 0.2) is 0 Å². The van der Waals surface area contributed by atoms with E-state index < -0.39 is 5.60 Å². The third kappa shape index (κ3) is 2.98. The molecule has 1 heteroatoms. The van der Waals surface area contributed by atoms with Gasteiger partial charge in [0.25, 0.3) is 0 Å². The summed E-state index contributed by atoms with van der Waals surface area (Å²) < 4.78 is 0. The van der Waals surface area contributed by atoms with Crippen molar-refractivity contribution in [1.29, 1.82) is 0 Å². The smallest absolute Gasteiger partial charge is 0.0675 e. The molecule has 0 aromatic heterocycles. The summed E-state index contributed by atoms with van der Waals surface area (Å²) >= 11 is 0. The van der Waals surface area contributed by atoms with Crippen molar-refractivity contribution in [2.75, 3.05) is 0 Å². The first-order valence-corrected chi connectivity index (χ1v) is 6.24. The van der Waals surface area contributed by atoms with Gasteiger partial charge >= 0.3 is 0 Å². The molecule has 1 rings (SSSR count). The first kappa shape index (κ1) is 12.0. The maximum absolute atomic E-state index is 10.5. The molecular weight excluding hydrogens is 172 g/mol. The minimum atomic E-state index is -0.448. The van der Waals surface area contributed by atoms with E-state index in [1.54, 1.807) is 0 Å². The van der Waals surface area contributed by atoms with E-state index in [-0.39, 0.29) is 0 Å². The Morgan fingerprint density at radius 1 is 1.29 bits per heavy atom. The van der Waals surface area contributed by atoms with Gasteiger partial charge < -0.3 is 5.11 Å². The normalized spacial score (nSPS) is 23.4. The fraction of sp³-hybridized carbons (Fsp3) is 0.923. The fourth-order valence-corrected chi connectivity index (χ4v) is 2.66. The van der Waals surface area contributed by atoms with Crippen LogP contribution in [0, 0.1) is 12.8 Å². The lowest BCUT2D eigenvalue weighted by atomic mass is 9.73.